The van der Waals surface area contributed by atoms with E-state index in [1.54, 1.807) is 0 Å². The standard InChI is InChI=1S/C13H16O4/c1-9-6-14-13(17-9)15-7-12(8-16-13)5-10-2-3-11(12)4-10/h2-3,10-11H,1,4-8H2. The van der Waals surface area contributed by atoms with Crippen LogP contribution in [0.15, 0.2) is 24.5 Å². The first kappa shape index (κ1) is 10.1. The summed E-state index contributed by atoms with van der Waals surface area (Å²) in [6.07, 6.45) is 5.74. The Hall–Kier alpha value is -0.840. The van der Waals surface area contributed by atoms with Gasteiger partial charge in [0.05, 0.1) is 13.2 Å². The highest BCUT2D eigenvalue weighted by Gasteiger charge is 2.57. The molecule has 4 aliphatic rings. The van der Waals surface area contributed by atoms with Gasteiger partial charge in [-0.05, 0) is 24.7 Å². The first-order valence-corrected chi connectivity index (χ1v) is 6.17. The zero-order chi connectivity index (χ0) is 11.5. The van der Waals surface area contributed by atoms with Gasteiger partial charge in [-0.2, -0.15) is 0 Å². The first-order chi connectivity index (χ1) is 8.20. The minimum absolute atomic E-state index is 0.140. The summed E-state index contributed by atoms with van der Waals surface area (Å²) in [4.78, 5) is 0. The molecule has 3 fully saturated rings. The van der Waals surface area contributed by atoms with E-state index in [0.29, 0.717) is 37.4 Å². The predicted molar refractivity (Wildman–Crippen MR) is 58.6 cm³/mol. The number of allylic oxidation sites excluding steroid dienone is 2. The van der Waals surface area contributed by atoms with E-state index in [9.17, 15) is 0 Å². The van der Waals surface area contributed by atoms with Gasteiger partial charge < -0.3 is 4.74 Å². The molecule has 2 aliphatic carbocycles. The molecule has 2 atom stereocenters. The summed E-state index contributed by atoms with van der Waals surface area (Å²) in [6, 6.07) is 0. The van der Waals surface area contributed by atoms with Crippen LogP contribution in [0.25, 0.3) is 0 Å². The second-order valence-corrected chi connectivity index (χ2v) is 5.56. The molecule has 4 nitrogen and oxygen atoms in total. The van der Waals surface area contributed by atoms with Crippen molar-refractivity contribution in [3.05, 3.63) is 24.5 Å². The summed E-state index contributed by atoms with van der Waals surface area (Å²) >= 11 is 0. The van der Waals surface area contributed by atoms with E-state index in [4.69, 9.17) is 18.9 Å². The van der Waals surface area contributed by atoms with E-state index in [2.05, 4.69) is 18.7 Å². The molecule has 17 heavy (non-hydrogen) atoms. The van der Waals surface area contributed by atoms with Crippen LogP contribution in [0.2, 0.25) is 0 Å². The quantitative estimate of drug-likeness (QED) is 0.601. The van der Waals surface area contributed by atoms with Crippen LogP contribution in [0.3, 0.4) is 0 Å². The molecule has 4 rings (SSSR count). The Morgan fingerprint density at radius 3 is 2.53 bits per heavy atom. The van der Waals surface area contributed by atoms with Crippen molar-refractivity contribution in [1.82, 2.24) is 0 Å². The molecule has 2 spiro atoms. The summed E-state index contributed by atoms with van der Waals surface area (Å²) in [5.74, 6) is 1.87. The summed E-state index contributed by atoms with van der Waals surface area (Å²) in [5, 5.41) is 0. The molecule has 92 valence electrons. The smallest absolute Gasteiger partial charge is 0.419 e. The fraction of sp³-hybridized carbons (Fsp3) is 0.692. The number of hydrogen-bond acceptors (Lipinski definition) is 4. The molecule has 1 saturated carbocycles. The Balaban J connectivity index is 1.52. The van der Waals surface area contributed by atoms with Gasteiger partial charge in [0.1, 0.15) is 12.4 Å². The molecule has 4 heteroatoms. The van der Waals surface area contributed by atoms with Crippen molar-refractivity contribution in [3.63, 3.8) is 0 Å². The van der Waals surface area contributed by atoms with Gasteiger partial charge in [0, 0.05) is 5.41 Å². The van der Waals surface area contributed by atoms with E-state index in [1.165, 1.54) is 6.42 Å². The summed E-state index contributed by atoms with van der Waals surface area (Å²) in [6.45, 7) is 5.35. The van der Waals surface area contributed by atoms with Crippen molar-refractivity contribution >= 4 is 0 Å². The maximum absolute atomic E-state index is 5.73. The second kappa shape index (κ2) is 3.13. The number of rotatable bonds is 0. The molecule has 2 bridgehead atoms. The molecular formula is C13H16O4. The van der Waals surface area contributed by atoms with Gasteiger partial charge in [0.2, 0.25) is 0 Å². The molecule has 0 N–H and O–H groups in total. The van der Waals surface area contributed by atoms with Gasteiger partial charge in [-0.15, -0.1) is 0 Å². The third-order valence-corrected chi connectivity index (χ3v) is 4.38. The molecular weight excluding hydrogens is 220 g/mol. The summed E-state index contributed by atoms with van der Waals surface area (Å²) < 4.78 is 22.2. The van der Waals surface area contributed by atoms with Gasteiger partial charge in [-0.25, -0.2) is 0 Å². The van der Waals surface area contributed by atoms with Crippen LogP contribution in [0.4, 0.5) is 0 Å². The highest BCUT2D eigenvalue weighted by atomic mass is 17.0. The molecule has 0 aromatic carbocycles. The van der Waals surface area contributed by atoms with Crippen LogP contribution in [0.5, 0.6) is 0 Å². The van der Waals surface area contributed by atoms with Crippen LogP contribution in [-0.2, 0) is 18.9 Å². The highest BCUT2D eigenvalue weighted by molar-refractivity contribution is 5.16. The van der Waals surface area contributed by atoms with Crippen molar-refractivity contribution < 1.29 is 18.9 Å². The van der Waals surface area contributed by atoms with E-state index >= 15 is 0 Å². The van der Waals surface area contributed by atoms with Crippen LogP contribution in [0.1, 0.15) is 12.8 Å². The van der Waals surface area contributed by atoms with Gasteiger partial charge in [-0.3, -0.25) is 14.2 Å². The molecule has 0 aromatic rings. The first-order valence-electron chi connectivity index (χ1n) is 6.17. The van der Waals surface area contributed by atoms with Crippen molar-refractivity contribution in [1.29, 1.82) is 0 Å². The Labute approximate surface area is 100 Å². The van der Waals surface area contributed by atoms with Crippen LogP contribution >= 0.6 is 0 Å². The predicted octanol–water partition coefficient (Wildman–Crippen LogP) is 1.79. The van der Waals surface area contributed by atoms with Crippen LogP contribution in [-0.4, -0.2) is 26.0 Å². The lowest BCUT2D eigenvalue weighted by molar-refractivity contribution is -0.491. The summed E-state index contributed by atoms with van der Waals surface area (Å²) in [7, 11) is 0. The number of fused-ring (bicyclic) bond motifs is 3. The van der Waals surface area contributed by atoms with Crippen molar-refractivity contribution in [2.75, 3.05) is 19.8 Å². The third-order valence-electron chi connectivity index (χ3n) is 4.38. The lowest BCUT2D eigenvalue weighted by atomic mass is 9.77. The zero-order valence-corrected chi connectivity index (χ0v) is 9.69. The van der Waals surface area contributed by atoms with E-state index in [1.807, 2.05) is 0 Å². The second-order valence-electron chi connectivity index (χ2n) is 5.56. The largest absolute Gasteiger partial charge is 0.461 e. The van der Waals surface area contributed by atoms with E-state index < -0.39 is 6.16 Å². The number of hydrogen-bond donors (Lipinski definition) is 0. The fourth-order valence-electron chi connectivity index (χ4n) is 3.48. The highest BCUT2D eigenvalue weighted by Crippen LogP contribution is 2.55. The molecule has 2 saturated heterocycles. The lowest BCUT2D eigenvalue weighted by Gasteiger charge is -2.43. The minimum Gasteiger partial charge on any atom is -0.419 e. The van der Waals surface area contributed by atoms with E-state index in [-0.39, 0.29) is 5.41 Å². The average molecular weight is 236 g/mol. The van der Waals surface area contributed by atoms with Crippen molar-refractivity contribution in [3.8, 4) is 0 Å². The van der Waals surface area contributed by atoms with Crippen LogP contribution < -0.4 is 0 Å². The maximum Gasteiger partial charge on any atom is 0.461 e. The van der Waals surface area contributed by atoms with Crippen molar-refractivity contribution in [2.45, 2.75) is 19.0 Å². The SMILES string of the molecule is C=C1COC2(OCC3(CO2)CC2C=CC3C2)O1. The van der Waals surface area contributed by atoms with Crippen LogP contribution in [0, 0.1) is 17.3 Å². The molecule has 0 aromatic heterocycles. The molecule has 2 heterocycles. The Morgan fingerprint density at radius 2 is 2.00 bits per heavy atom. The molecule has 0 radical (unpaired) electrons. The van der Waals surface area contributed by atoms with Gasteiger partial charge in [0.25, 0.3) is 0 Å². The average Bonchev–Trinajstić information content (AvgIpc) is 2.99. The normalized spacial score (nSPS) is 51.6. The monoisotopic (exact) mass is 236 g/mol. The molecule has 2 unspecified atom stereocenters. The topological polar surface area (TPSA) is 36.9 Å². The third kappa shape index (κ3) is 1.35. The van der Waals surface area contributed by atoms with Gasteiger partial charge in [-0.1, -0.05) is 18.7 Å². The molecule has 2 aliphatic heterocycles. The summed E-state index contributed by atoms with van der Waals surface area (Å²) in [5.41, 5.74) is 0.140. The minimum atomic E-state index is -1.30. The lowest BCUT2D eigenvalue weighted by Crippen LogP contribution is -2.51. The van der Waals surface area contributed by atoms with E-state index in [0.717, 1.165) is 6.42 Å². The fourth-order valence-corrected chi connectivity index (χ4v) is 3.48. The Bertz CT molecular complexity index is 392. The zero-order valence-electron chi connectivity index (χ0n) is 9.69. The van der Waals surface area contributed by atoms with Crippen molar-refractivity contribution in [2.24, 2.45) is 17.3 Å². The number of ether oxygens (including phenoxy) is 4. The Morgan fingerprint density at radius 1 is 1.18 bits per heavy atom. The molecule has 0 amide bonds. The van der Waals surface area contributed by atoms with Gasteiger partial charge in [0.15, 0.2) is 0 Å². The maximum atomic E-state index is 5.73. The van der Waals surface area contributed by atoms with Gasteiger partial charge >= 0.3 is 6.16 Å². The Kier molecular flexibility index (Phi) is 1.86.